The Balaban J connectivity index is 1.76. The topological polar surface area (TPSA) is 66.5 Å². The highest BCUT2D eigenvalue weighted by Crippen LogP contribution is 2.29. The molecule has 1 N–H and O–H groups in total. The molecule has 1 fully saturated rings. The van der Waals surface area contributed by atoms with Crippen molar-refractivity contribution in [1.29, 1.82) is 0 Å². The van der Waals surface area contributed by atoms with E-state index in [9.17, 15) is 13.2 Å². The normalized spacial score (nSPS) is 15.2. The van der Waals surface area contributed by atoms with Gasteiger partial charge in [-0.1, -0.05) is 41.4 Å². The van der Waals surface area contributed by atoms with Crippen molar-refractivity contribution in [3.05, 3.63) is 58.1 Å². The Morgan fingerprint density at radius 1 is 1.04 bits per heavy atom. The van der Waals surface area contributed by atoms with E-state index in [4.69, 9.17) is 23.2 Å². The fraction of sp³-hybridized carbons (Fsp3) is 0.278. The number of para-hydroxylation sites is 1. The van der Waals surface area contributed by atoms with E-state index in [-0.39, 0.29) is 17.2 Å². The summed E-state index contributed by atoms with van der Waals surface area (Å²) in [6.07, 6.45) is 1.72. The summed E-state index contributed by atoms with van der Waals surface area (Å²) >= 11 is 12.1. The lowest BCUT2D eigenvalue weighted by Crippen LogP contribution is -2.28. The second kappa shape index (κ2) is 7.96. The first-order chi connectivity index (χ1) is 12.4. The van der Waals surface area contributed by atoms with Gasteiger partial charge < -0.3 is 5.32 Å². The van der Waals surface area contributed by atoms with Gasteiger partial charge in [0.2, 0.25) is 10.0 Å². The third kappa shape index (κ3) is 4.04. The van der Waals surface area contributed by atoms with Crippen molar-refractivity contribution in [3.63, 3.8) is 0 Å². The van der Waals surface area contributed by atoms with Crippen molar-refractivity contribution < 1.29 is 13.2 Å². The number of carbonyl (C=O) groups is 1. The Bertz CT molecular complexity index is 906. The van der Waals surface area contributed by atoms with Crippen LogP contribution in [-0.2, 0) is 10.0 Å². The van der Waals surface area contributed by atoms with Crippen LogP contribution in [0.1, 0.15) is 23.2 Å². The number of rotatable bonds is 6. The van der Waals surface area contributed by atoms with E-state index in [1.54, 1.807) is 30.3 Å². The molecule has 0 unspecified atom stereocenters. The molecule has 1 aliphatic rings. The lowest BCUT2D eigenvalue weighted by atomic mass is 10.1. The maximum absolute atomic E-state index is 12.6. The van der Waals surface area contributed by atoms with Crippen molar-refractivity contribution in [2.75, 3.05) is 25.0 Å². The quantitative estimate of drug-likeness (QED) is 0.725. The highest BCUT2D eigenvalue weighted by atomic mass is 35.5. The number of nitrogens with one attached hydrogen (secondary N) is 1. The molecule has 0 radical (unpaired) electrons. The zero-order chi connectivity index (χ0) is 18.7. The molecule has 138 valence electrons. The number of benzene rings is 2. The number of halogens is 2. The molecule has 3 rings (SSSR count). The summed E-state index contributed by atoms with van der Waals surface area (Å²) in [7, 11) is -3.56. The minimum Gasteiger partial charge on any atom is -0.375 e. The number of hydrogen-bond acceptors (Lipinski definition) is 4. The van der Waals surface area contributed by atoms with Gasteiger partial charge in [-0.05, 0) is 37.1 Å². The van der Waals surface area contributed by atoms with Gasteiger partial charge in [0.1, 0.15) is 0 Å². The van der Waals surface area contributed by atoms with Gasteiger partial charge in [-0.15, -0.1) is 0 Å². The molecule has 26 heavy (non-hydrogen) atoms. The van der Waals surface area contributed by atoms with Gasteiger partial charge in [0.15, 0.2) is 5.78 Å². The first-order valence-corrected chi connectivity index (χ1v) is 10.4. The average Bonchev–Trinajstić information content (AvgIpc) is 3.17. The monoisotopic (exact) mass is 412 g/mol. The molecular weight excluding hydrogens is 395 g/mol. The highest BCUT2D eigenvalue weighted by Gasteiger charge is 2.27. The average molecular weight is 413 g/mol. The molecule has 0 aliphatic carbocycles. The van der Waals surface area contributed by atoms with Crippen molar-refractivity contribution in [2.45, 2.75) is 17.7 Å². The first kappa shape index (κ1) is 19.2. The Kier molecular flexibility index (Phi) is 5.87. The molecule has 1 heterocycles. The van der Waals surface area contributed by atoms with Crippen LogP contribution in [0, 0.1) is 0 Å². The van der Waals surface area contributed by atoms with Crippen LogP contribution in [-0.4, -0.2) is 38.1 Å². The van der Waals surface area contributed by atoms with E-state index in [1.165, 1.54) is 16.4 Å². The smallest absolute Gasteiger partial charge is 0.243 e. The van der Waals surface area contributed by atoms with Crippen LogP contribution in [0.3, 0.4) is 0 Å². The Labute approximate surface area is 163 Å². The zero-order valence-electron chi connectivity index (χ0n) is 13.9. The second-order valence-electron chi connectivity index (χ2n) is 6.01. The maximum Gasteiger partial charge on any atom is 0.243 e. The second-order valence-corrected chi connectivity index (χ2v) is 8.76. The van der Waals surface area contributed by atoms with E-state index in [0.29, 0.717) is 34.4 Å². The van der Waals surface area contributed by atoms with Gasteiger partial charge in [0, 0.05) is 18.7 Å². The lowest BCUT2D eigenvalue weighted by molar-refractivity contribution is 0.101. The van der Waals surface area contributed by atoms with Crippen LogP contribution in [0.5, 0.6) is 0 Å². The van der Waals surface area contributed by atoms with Gasteiger partial charge in [-0.3, -0.25) is 4.79 Å². The van der Waals surface area contributed by atoms with Crippen molar-refractivity contribution in [2.24, 2.45) is 0 Å². The summed E-state index contributed by atoms with van der Waals surface area (Å²) < 4.78 is 26.7. The molecule has 0 amide bonds. The summed E-state index contributed by atoms with van der Waals surface area (Å²) in [5, 5.41) is 3.74. The van der Waals surface area contributed by atoms with Gasteiger partial charge in [-0.25, -0.2) is 8.42 Å². The number of hydrogen-bond donors (Lipinski definition) is 1. The van der Waals surface area contributed by atoms with Crippen LogP contribution < -0.4 is 5.32 Å². The SMILES string of the molecule is O=C(CNc1c(Cl)cccc1Cl)c1cccc(S(=O)(=O)N2CCCC2)c1. The first-order valence-electron chi connectivity index (χ1n) is 8.21. The summed E-state index contributed by atoms with van der Waals surface area (Å²) in [5.74, 6) is -0.251. The van der Waals surface area contributed by atoms with Gasteiger partial charge >= 0.3 is 0 Å². The van der Waals surface area contributed by atoms with E-state index >= 15 is 0 Å². The highest BCUT2D eigenvalue weighted by molar-refractivity contribution is 7.89. The fourth-order valence-corrected chi connectivity index (χ4v) is 4.94. The lowest BCUT2D eigenvalue weighted by Gasteiger charge is -2.16. The number of Topliss-reactive ketones (excluding diaryl/α,β-unsaturated/α-hetero) is 1. The van der Waals surface area contributed by atoms with Crippen molar-refractivity contribution in [1.82, 2.24) is 4.31 Å². The predicted octanol–water partition coefficient (Wildman–Crippen LogP) is 4.07. The molecular formula is C18H18Cl2N2O3S. The largest absolute Gasteiger partial charge is 0.375 e. The third-order valence-electron chi connectivity index (χ3n) is 4.25. The molecule has 1 aliphatic heterocycles. The summed E-state index contributed by atoms with van der Waals surface area (Å²) in [4.78, 5) is 12.6. The summed E-state index contributed by atoms with van der Waals surface area (Å²) in [6, 6.07) is 11.2. The minimum absolute atomic E-state index is 0.0450. The molecule has 5 nitrogen and oxygen atoms in total. The number of anilines is 1. The Morgan fingerprint density at radius 3 is 2.31 bits per heavy atom. The third-order valence-corrected chi connectivity index (χ3v) is 6.77. The van der Waals surface area contributed by atoms with Crippen molar-refractivity contribution in [3.8, 4) is 0 Å². The molecule has 0 saturated carbocycles. The number of ketones is 1. The molecule has 0 spiro atoms. The molecule has 2 aromatic rings. The van der Waals surface area contributed by atoms with Crippen LogP contribution in [0.15, 0.2) is 47.4 Å². The molecule has 0 bridgehead atoms. The van der Waals surface area contributed by atoms with Crippen LogP contribution in [0.25, 0.3) is 0 Å². The summed E-state index contributed by atoms with van der Waals surface area (Å²) in [5.41, 5.74) is 0.797. The standard InChI is InChI=1S/C18H18Cl2N2O3S/c19-15-7-4-8-16(20)18(15)21-12-17(23)13-5-3-6-14(11-13)26(24,25)22-9-1-2-10-22/h3-8,11,21H,1-2,9-10,12H2. The van der Waals surface area contributed by atoms with Crippen LogP contribution in [0.2, 0.25) is 10.0 Å². The van der Waals surface area contributed by atoms with E-state index in [1.807, 2.05) is 0 Å². The van der Waals surface area contributed by atoms with E-state index < -0.39 is 10.0 Å². The maximum atomic E-state index is 12.6. The molecule has 1 saturated heterocycles. The van der Waals surface area contributed by atoms with Gasteiger partial charge in [0.05, 0.1) is 27.2 Å². The molecule has 0 aromatic heterocycles. The number of nitrogens with zero attached hydrogens (tertiary/aromatic N) is 1. The number of sulfonamides is 1. The zero-order valence-corrected chi connectivity index (χ0v) is 16.2. The summed E-state index contributed by atoms with van der Waals surface area (Å²) in [6.45, 7) is 0.997. The fourth-order valence-electron chi connectivity index (χ4n) is 2.84. The minimum atomic E-state index is -3.56. The Hall–Kier alpha value is -1.60. The van der Waals surface area contributed by atoms with Gasteiger partial charge in [-0.2, -0.15) is 4.31 Å². The molecule has 2 aromatic carbocycles. The van der Waals surface area contributed by atoms with Crippen LogP contribution >= 0.6 is 23.2 Å². The van der Waals surface area contributed by atoms with Crippen LogP contribution in [0.4, 0.5) is 5.69 Å². The van der Waals surface area contributed by atoms with Gasteiger partial charge in [0.25, 0.3) is 0 Å². The Morgan fingerprint density at radius 2 is 1.65 bits per heavy atom. The van der Waals surface area contributed by atoms with Crippen molar-refractivity contribution >= 4 is 44.7 Å². The van der Waals surface area contributed by atoms with E-state index in [2.05, 4.69) is 5.32 Å². The number of carbonyl (C=O) groups excluding carboxylic acids is 1. The predicted molar refractivity (Wildman–Crippen MR) is 104 cm³/mol. The van der Waals surface area contributed by atoms with E-state index in [0.717, 1.165) is 12.8 Å². The molecule has 8 heteroatoms. The molecule has 0 atom stereocenters.